The number of aliphatic hydroxyl groups is 1. The van der Waals surface area contributed by atoms with Crippen LogP contribution in [0.2, 0.25) is 0 Å². The standard InChI is InChI=1S/C12H20N6O/c13-10-15-11(14-8-6-9(19)7-8)17-12(16-10)18-4-2-1-3-5-18/h8-9,19H,1-7H2,(H3,13,14,15,16,17). The van der Waals surface area contributed by atoms with Gasteiger partial charge in [0.1, 0.15) is 0 Å². The number of aromatic nitrogens is 3. The number of rotatable bonds is 3. The van der Waals surface area contributed by atoms with Crippen molar-refractivity contribution in [3.63, 3.8) is 0 Å². The molecule has 2 heterocycles. The highest BCUT2D eigenvalue weighted by Gasteiger charge is 2.28. The van der Waals surface area contributed by atoms with Gasteiger partial charge >= 0.3 is 0 Å². The second kappa shape index (κ2) is 5.16. The molecule has 0 radical (unpaired) electrons. The molecule has 2 aliphatic rings. The van der Waals surface area contributed by atoms with Crippen LogP contribution in [-0.4, -0.2) is 45.3 Å². The molecule has 1 aromatic heterocycles. The molecular weight excluding hydrogens is 244 g/mol. The molecule has 0 atom stereocenters. The predicted molar refractivity (Wildman–Crippen MR) is 73.0 cm³/mol. The van der Waals surface area contributed by atoms with Gasteiger partial charge in [-0.05, 0) is 32.1 Å². The van der Waals surface area contributed by atoms with E-state index in [4.69, 9.17) is 5.73 Å². The van der Waals surface area contributed by atoms with E-state index in [1.54, 1.807) is 0 Å². The van der Waals surface area contributed by atoms with E-state index in [9.17, 15) is 5.11 Å². The first-order valence-corrected chi connectivity index (χ1v) is 6.92. The second-order valence-corrected chi connectivity index (χ2v) is 5.33. The molecule has 0 spiro atoms. The molecule has 1 aliphatic carbocycles. The number of nitrogens with zero attached hydrogens (tertiary/aromatic N) is 4. The zero-order chi connectivity index (χ0) is 13.2. The van der Waals surface area contributed by atoms with Crippen LogP contribution in [0.3, 0.4) is 0 Å². The third-order valence-corrected chi connectivity index (χ3v) is 3.73. The summed E-state index contributed by atoms with van der Waals surface area (Å²) < 4.78 is 0. The maximum Gasteiger partial charge on any atom is 0.231 e. The van der Waals surface area contributed by atoms with Crippen LogP contribution in [0.4, 0.5) is 17.8 Å². The normalized spacial score (nSPS) is 26.9. The van der Waals surface area contributed by atoms with Crippen molar-refractivity contribution in [3.05, 3.63) is 0 Å². The van der Waals surface area contributed by atoms with E-state index >= 15 is 0 Å². The highest BCUT2D eigenvalue weighted by atomic mass is 16.3. The minimum Gasteiger partial charge on any atom is -0.393 e. The summed E-state index contributed by atoms with van der Waals surface area (Å²) in [6.45, 7) is 1.95. The summed E-state index contributed by atoms with van der Waals surface area (Å²) in [4.78, 5) is 14.9. The van der Waals surface area contributed by atoms with Crippen LogP contribution >= 0.6 is 0 Å². The molecular formula is C12H20N6O. The molecule has 3 rings (SSSR count). The summed E-state index contributed by atoms with van der Waals surface area (Å²) in [5.74, 6) is 1.43. The molecule has 7 nitrogen and oxygen atoms in total. The van der Waals surface area contributed by atoms with Crippen molar-refractivity contribution < 1.29 is 5.11 Å². The summed E-state index contributed by atoms with van der Waals surface area (Å²) >= 11 is 0. The quantitative estimate of drug-likeness (QED) is 0.725. The Balaban J connectivity index is 1.71. The molecule has 0 unspecified atom stereocenters. The first kappa shape index (κ1) is 12.4. The van der Waals surface area contributed by atoms with Gasteiger partial charge in [0, 0.05) is 19.1 Å². The van der Waals surface area contributed by atoms with Crippen molar-refractivity contribution in [3.8, 4) is 0 Å². The van der Waals surface area contributed by atoms with Gasteiger partial charge in [-0.1, -0.05) is 0 Å². The minimum absolute atomic E-state index is 0.196. The lowest BCUT2D eigenvalue weighted by Crippen LogP contribution is -2.39. The van der Waals surface area contributed by atoms with Crippen molar-refractivity contribution in [2.24, 2.45) is 0 Å². The third-order valence-electron chi connectivity index (χ3n) is 3.73. The maximum absolute atomic E-state index is 9.28. The number of aliphatic hydroxyl groups excluding tert-OH is 1. The number of piperidine rings is 1. The highest BCUT2D eigenvalue weighted by molar-refractivity contribution is 5.42. The molecule has 0 bridgehead atoms. The largest absolute Gasteiger partial charge is 0.393 e. The fraction of sp³-hybridized carbons (Fsp3) is 0.750. The Morgan fingerprint density at radius 3 is 2.53 bits per heavy atom. The van der Waals surface area contributed by atoms with Crippen molar-refractivity contribution in [1.29, 1.82) is 0 Å². The summed E-state index contributed by atoms with van der Waals surface area (Å²) in [6, 6.07) is 0.242. The maximum atomic E-state index is 9.28. The molecule has 1 saturated carbocycles. The van der Waals surface area contributed by atoms with Crippen LogP contribution in [0.25, 0.3) is 0 Å². The van der Waals surface area contributed by atoms with Crippen molar-refractivity contribution >= 4 is 17.8 Å². The van der Waals surface area contributed by atoms with Gasteiger partial charge in [0.2, 0.25) is 17.8 Å². The van der Waals surface area contributed by atoms with Gasteiger partial charge in [-0.2, -0.15) is 15.0 Å². The Labute approximate surface area is 112 Å². The third kappa shape index (κ3) is 2.86. The van der Waals surface area contributed by atoms with Crippen LogP contribution < -0.4 is 16.0 Å². The van der Waals surface area contributed by atoms with Crippen molar-refractivity contribution in [2.75, 3.05) is 29.0 Å². The molecule has 1 aliphatic heterocycles. The number of hydrogen-bond acceptors (Lipinski definition) is 7. The van der Waals surface area contributed by atoms with Gasteiger partial charge in [0.25, 0.3) is 0 Å². The number of hydrogen-bond donors (Lipinski definition) is 3. The van der Waals surface area contributed by atoms with Gasteiger partial charge in [-0.25, -0.2) is 0 Å². The number of anilines is 3. The molecule has 1 aromatic rings. The number of nitrogens with two attached hydrogens (primary N) is 1. The van der Waals surface area contributed by atoms with Crippen LogP contribution in [-0.2, 0) is 0 Å². The zero-order valence-corrected chi connectivity index (χ0v) is 10.9. The lowest BCUT2D eigenvalue weighted by molar-refractivity contribution is 0.0834. The second-order valence-electron chi connectivity index (χ2n) is 5.33. The fourth-order valence-electron chi connectivity index (χ4n) is 2.57. The zero-order valence-electron chi connectivity index (χ0n) is 10.9. The van der Waals surface area contributed by atoms with Crippen LogP contribution in [0, 0.1) is 0 Å². The molecule has 0 aromatic carbocycles. The topological polar surface area (TPSA) is 100 Å². The monoisotopic (exact) mass is 264 g/mol. The van der Waals surface area contributed by atoms with E-state index in [2.05, 4.69) is 25.2 Å². The first-order valence-electron chi connectivity index (χ1n) is 6.92. The average Bonchev–Trinajstić information content (AvgIpc) is 2.37. The smallest absolute Gasteiger partial charge is 0.231 e. The number of nitrogen functional groups attached to an aromatic ring is 1. The lowest BCUT2D eigenvalue weighted by atomic mass is 9.90. The highest BCUT2D eigenvalue weighted by Crippen LogP contribution is 2.24. The summed E-state index contributed by atoms with van der Waals surface area (Å²) in [6.07, 6.45) is 4.89. The molecule has 4 N–H and O–H groups in total. The molecule has 0 amide bonds. The first-order chi connectivity index (χ1) is 9.20. The average molecular weight is 264 g/mol. The van der Waals surface area contributed by atoms with Crippen LogP contribution in [0.1, 0.15) is 32.1 Å². The van der Waals surface area contributed by atoms with Gasteiger partial charge in [0.05, 0.1) is 6.10 Å². The Hall–Kier alpha value is -1.63. The molecule has 19 heavy (non-hydrogen) atoms. The molecule has 1 saturated heterocycles. The van der Waals surface area contributed by atoms with Gasteiger partial charge in [0.15, 0.2) is 0 Å². The van der Waals surface area contributed by atoms with Crippen LogP contribution in [0.5, 0.6) is 0 Å². The molecule has 104 valence electrons. The van der Waals surface area contributed by atoms with E-state index in [0.717, 1.165) is 25.9 Å². The van der Waals surface area contributed by atoms with E-state index in [0.29, 0.717) is 11.9 Å². The Morgan fingerprint density at radius 2 is 1.84 bits per heavy atom. The van der Waals surface area contributed by atoms with Crippen molar-refractivity contribution in [1.82, 2.24) is 15.0 Å². The predicted octanol–water partition coefficient (Wildman–Crippen LogP) is 0.379. The van der Waals surface area contributed by atoms with E-state index in [-0.39, 0.29) is 18.1 Å². The van der Waals surface area contributed by atoms with E-state index in [1.165, 1.54) is 19.3 Å². The van der Waals surface area contributed by atoms with Crippen molar-refractivity contribution in [2.45, 2.75) is 44.2 Å². The van der Waals surface area contributed by atoms with Gasteiger partial charge < -0.3 is 21.1 Å². The minimum atomic E-state index is -0.196. The SMILES string of the molecule is Nc1nc(NC2CC(O)C2)nc(N2CCCCC2)n1. The van der Waals surface area contributed by atoms with Crippen LogP contribution in [0.15, 0.2) is 0 Å². The van der Waals surface area contributed by atoms with Gasteiger partial charge in [-0.15, -0.1) is 0 Å². The number of nitrogens with one attached hydrogen (secondary N) is 1. The fourth-order valence-corrected chi connectivity index (χ4v) is 2.57. The van der Waals surface area contributed by atoms with Gasteiger partial charge in [-0.3, -0.25) is 0 Å². The molecule has 7 heteroatoms. The lowest BCUT2D eigenvalue weighted by Gasteiger charge is -2.32. The Bertz CT molecular complexity index is 442. The Kier molecular flexibility index (Phi) is 3.37. The summed E-state index contributed by atoms with van der Waals surface area (Å²) in [7, 11) is 0. The Morgan fingerprint density at radius 1 is 1.11 bits per heavy atom. The van der Waals surface area contributed by atoms with E-state index < -0.39 is 0 Å². The van der Waals surface area contributed by atoms with E-state index in [1.807, 2.05) is 0 Å². The summed E-state index contributed by atoms with van der Waals surface area (Å²) in [5.41, 5.74) is 5.75. The molecule has 2 fully saturated rings. The summed E-state index contributed by atoms with van der Waals surface area (Å²) in [5, 5.41) is 12.5.